The van der Waals surface area contributed by atoms with E-state index in [2.05, 4.69) is 56.5 Å². The lowest BCUT2D eigenvalue weighted by atomic mass is 10.00. The lowest BCUT2D eigenvalue weighted by Gasteiger charge is -2.37. The molecule has 0 saturated heterocycles. The largest absolute Gasteiger partial charge is 0.472 e. The molecule has 0 unspecified atom stereocenters. The fourth-order valence-electron chi connectivity index (χ4n) is 3.53. The average molecular weight is 416 g/mol. The summed E-state index contributed by atoms with van der Waals surface area (Å²) in [5.41, 5.74) is 1.12. The van der Waals surface area contributed by atoms with Crippen LogP contribution in [-0.2, 0) is 0 Å². The molecule has 0 fully saturated rings. The van der Waals surface area contributed by atoms with E-state index in [1.807, 2.05) is 6.92 Å². The van der Waals surface area contributed by atoms with Crippen LogP contribution in [0, 0.1) is 23.7 Å². The number of nitrogens with zero attached hydrogens (tertiary/aromatic N) is 3. The van der Waals surface area contributed by atoms with Gasteiger partial charge in [0, 0.05) is 37.2 Å². The van der Waals surface area contributed by atoms with Gasteiger partial charge < -0.3 is 19.6 Å². The summed E-state index contributed by atoms with van der Waals surface area (Å²) in [6.07, 6.45) is 3.43. The van der Waals surface area contributed by atoms with Crippen LogP contribution in [0.4, 0.5) is 0 Å². The molecule has 0 aromatic carbocycles. The number of hydrogen-bond acceptors (Lipinski definition) is 5. The van der Waals surface area contributed by atoms with E-state index in [1.165, 1.54) is 0 Å². The normalized spacial score (nSPS) is 20.2. The van der Waals surface area contributed by atoms with Crippen LogP contribution in [0.3, 0.4) is 0 Å². The van der Waals surface area contributed by atoms with Crippen LogP contribution < -0.4 is 4.74 Å². The summed E-state index contributed by atoms with van der Waals surface area (Å²) in [5, 5.41) is 9.73. The van der Waals surface area contributed by atoms with E-state index in [1.54, 1.807) is 17.2 Å². The molecule has 0 radical (unpaired) electrons. The number of aliphatic hydroxyl groups is 1. The van der Waals surface area contributed by atoms with Crippen LogP contribution in [0.25, 0.3) is 0 Å². The van der Waals surface area contributed by atoms with Gasteiger partial charge in [0.25, 0.3) is 5.91 Å². The highest BCUT2D eigenvalue weighted by Crippen LogP contribution is 2.27. The number of carbonyl (C=O) groups excluding carboxylic acids is 1. The van der Waals surface area contributed by atoms with Crippen molar-refractivity contribution in [3.05, 3.63) is 23.4 Å². The molecule has 0 spiro atoms. The fraction of sp³-hybridized carbons (Fsp3) is 0.667. The van der Waals surface area contributed by atoms with Crippen molar-refractivity contribution in [2.45, 2.75) is 59.6 Å². The van der Waals surface area contributed by atoms with Crippen molar-refractivity contribution in [3.8, 4) is 17.7 Å². The van der Waals surface area contributed by atoms with E-state index in [4.69, 9.17) is 4.74 Å². The van der Waals surface area contributed by atoms with Gasteiger partial charge in [0.15, 0.2) is 0 Å². The molecule has 1 amide bonds. The summed E-state index contributed by atoms with van der Waals surface area (Å²) in [5.74, 6) is 7.04. The van der Waals surface area contributed by atoms with Crippen LogP contribution in [0.1, 0.15) is 63.4 Å². The molecule has 0 aliphatic carbocycles. The van der Waals surface area contributed by atoms with Crippen molar-refractivity contribution in [1.29, 1.82) is 0 Å². The van der Waals surface area contributed by atoms with Gasteiger partial charge in [-0.2, -0.15) is 0 Å². The maximum absolute atomic E-state index is 13.3. The van der Waals surface area contributed by atoms with E-state index in [0.29, 0.717) is 29.5 Å². The Kier molecular flexibility index (Phi) is 9.13. The van der Waals surface area contributed by atoms with Crippen molar-refractivity contribution >= 4 is 5.91 Å². The molecule has 3 atom stereocenters. The number of likely N-dealkylation sites (N-methyl/N-ethyl adjacent to an activating group) is 1. The summed E-state index contributed by atoms with van der Waals surface area (Å²) in [7, 11) is 2.08. The van der Waals surface area contributed by atoms with Gasteiger partial charge in [-0.1, -0.05) is 39.5 Å². The second-order valence-electron chi connectivity index (χ2n) is 8.86. The van der Waals surface area contributed by atoms with Crippen LogP contribution in [0.2, 0.25) is 0 Å². The van der Waals surface area contributed by atoms with E-state index in [-0.39, 0.29) is 30.6 Å². The van der Waals surface area contributed by atoms with Gasteiger partial charge in [-0.15, -0.1) is 0 Å². The minimum atomic E-state index is -0.282. The smallest absolute Gasteiger partial charge is 0.259 e. The number of ether oxygens (including phenoxy) is 1. The zero-order valence-electron chi connectivity index (χ0n) is 19.3. The summed E-state index contributed by atoms with van der Waals surface area (Å²) >= 11 is 0. The van der Waals surface area contributed by atoms with E-state index < -0.39 is 0 Å². The Balaban J connectivity index is 2.42. The predicted octanol–water partition coefficient (Wildman–Crippen LogP) is 3.04. The van der Waals surface area contributed by atoms with Gasteiger partial charge in [0.2, 0.25) is 5.88 Å². The van der Waals surface area contributed by atoms with Crippen molar-refractivity contribution in [1.82, 2.24) is 14.8 Å². The minimum absolute atomic E-state index is 0.0869. The van der Waals surface area contributed by atoms with Gasteiger partial charge in [-0.25, -0.2) is 4.98 Å². The lowest BCUT2D eigenvalue weighted by molar-refractivity contribution is 0.0331. The molecule has 1 aliphatic heterocycles. The zero-order chi connectivity index (χ0) is 22.3. The number of fused-ring (bicyclic) bond motifs is 1. The first-order chi connectivity index (χ1) is 14.3. The van der Waals surface area contributed by atoms with Crippen LogP contribution in [0.15, 0.2) is 12.3 Å². The summed E-state index contributed by atoms with van der Waals surface area (Å²) < 4.78 is 6.29. The van der Waals surface area contributed by atoms with Gasteiger partial charge in [-0.05, 0) is 38.9 Å². The molecule has 166 valence electrons. The summed E-state index contributed by atoms with van der Waals surface area (Å²) in [6, 6.07) is 1.49. The molecule has 0 saturated carbocycles. The van der Waals surface area contributed by atoms with Crippen molar-refractivity contribution in [3.63, 3.8) is 0 Å². The SMILES string of the molecule is CCCN(C)C[C@H]1Oc2ncc(C#CCC(C)C)cc2C(=O)N([C@H](C)CO)C[C@@H]1C. The molecule has 1 aromatic heterocycles. The maximum Gasteiger partial charge on any atom is 0.259 e. The highest BCUT2D eigenvalue weighted by molar-refractivity contribution is 5.97. The summed E-state index contributed by atoms with van der Waals surface area (Å²) in [6.45, 7) is 12.5. The Morgan fingerprint density at radius 3 is 2.77 bits per heavy atom. The first-order valence-electron chi connectivity index (χ1n) is 11.0. The molecule has 6 nitrogen and oxygen atoms in total. The Hall–Kier alpha value is -2.10. The number of aromatic nitrogens is 1. The standard InChI is InChI=1S/C24H37N3O3/c1-7-11-26(6)15-22-18(4)14-27(19(5)16-28)24(29)21-12-20(10-8-9-17(2)3)13-25-23(21)30-22/h12-13,17-19,22,28H,7,9,11,14-16H2,1-6H3/t18-,19+,22+/m0/s1. The summed E-state index contributed by atoms with van der Waals surface area (Å²) in [4.78, 5) is 21.8. The Bertz CT molecular complexity index is 769. The van der Waals surface area contributed by atoms with Gasteiger partial charge in [0.1, 0.15) is 11.7 Å². The van der Waals surface area contributed by atoms with Gasteiger partial charge in [-0.3, -0.25) is 4.79 Å². The highest BCUT2D eigenvalue weighted by Gasteiger charge is 2.34. The lowest BCUT2D eigenvalue weighted by Crippen LogP contribution is -2.50. The molecule has 2 heterocycles. The number of aliphatic hydroxyl groups excluding tert-OH is 1. The van der Waals surface area contributed by atoms with Crippen LogP contribution in [0.5, 0.6) is 5.88 Å². The second kappa shape index (κ2) is 11.3. The first kappa shape index (κ1) is 24.2. The van der Waals surface area contributed by atoms with Crippen molar-refractivity contribution < 1.29 is 14.6 Å². The maximum atomic E-state index is 13.3. The number of carbonyl (C=O) groups is 1. The van der Waals surface area contributed by atoms with Crippen LogP contribution in [-0.4, -0.2) is 71.2 Å². The third-order valence-corrected chi connectivity index (χ3v) is 5.36. The number of rotatable bonds is 7. The molecular weight excluding hydrogens is 378 g/mol. The fourth-order valence-corrected chi connectivity index (χ4v) is 3.53. The third-order valence-electron chi connectivity index (χ3n) is 5.36. The molecule has 2 rings (SSSR count). The predicted molar refractivity (Wildman–Crippen MR) is 120 cm³/mol. The molecule has 1 N–H and O–H groups in total. The highest BCUT2D eigenvalue weighted by atomic mass is 16.5. The second-order valence-corrected chi connectivity index (χ2v) is 8.86. The quantitative estimate of drug-likeness (QED) is 0.694. The van der Waals surface area contributed by atoms with Crippen molar-refractivity contribution in [2.24, 2.45) is 11.8 Å². The van der Waals surface area contributed by atoms with E-state index in [9.17, 15) is 9.90 Å². The van der Waals surface area contributed by atoms with E-state index >= 15 is 0 Å². The average Bonchev–Trinajstić information content (AvgIpc) is 2.70. The molecular formula is C24H37N3O3. The molecule has 30 heavy (non-hydrogen) atoms. The number of hydrogen-bond donors (Lipinski definition) is 1. The molecule has 0 bridgehead atoms. The Labute approximate surface area is 181 Å². The first-order valence-corrected chi connectivity index (χ1v) is 11.0. The Morgan fingerprint density at radius 1 is 1.40 bits per heavy atom. The van der Waals surface area contributed by atoms with Gasteiger partial charge >= 0.3 is 0 Å². The topological polar surface area (TPSA) is 65.9 Å². The van der Waals surface area contributed by atoms with E-state index in [0.717, 1.165) is 25.9 Å². The zero-order valence-corrected chi connectivity index (χ0v) is 19.3. The molecule has 6 heteroatoms. The number of amides is 1. The Morgan fingerprint density at radius 2 is 2.13 bits per heavy atom. The molecule has 1 aliphatic rings. The number of pyridine rings is 1. The van der Waals surface area contributed by atoms with Crippen LogP contribution >= 0.6 is 0 Å². The van der Waals surface area contributed by atoms with Crippen molar-refractivity contribution in [2.75, 3.05) is 33.3 Å². The third kappa shape index (κ3) is 6.45. The monoisotopic (exact) mass is 415 g/mol. The van der Waals surface area contributed by atoms with Gasteiger partial charge in [0.05, 0.1) is 12.6 Å². The minimum Gasteiger partial charge on any atom is -0.472 e. The molecule has 1 aromatic rings.